The van der Waals surface area contributed by atoms with Gasteiger partial charge in [-0.25, -0.2) is 13.6 Å². The number of nitrogens with zero attached hydrogens (tertiary/aromatic N) is 2. The lowest BCUT2D eigenvalue weighted by atomic mass is 9.88. The van der Waals surface area contributed by atoms with Gasteiger partial charge in [0.05, 0.1) is 4.21 Å². The van der Waals surface area contributed by atoms with E-state index in [1.54, 1.807) is 27.7 Å². The average Bonchev–Trinajstić information content (AvgIpc) is 2.78. The van der Waals surface area contributed by atoms with Gasteiger partial charge in [-0.2, -0.15) is 4.98 Å². The summed E-state index contributed by atoms with van der Waals surface area (Å²) in [5.74, 6) is -1.20. The highest BCUT2D eigenvalue weighted by atomic mass is 32.2. The Morgan fingerprint density at radius 1 is 1.39 bits per heavy atom. The first-order valence-corrected chi connectivity index (χ1v) is 9.37. The molecule has 0 atom stereocenters. The Morgan fingerprint density at radius 3 is 2.70 bits per heavy atom. The second-order valence-corrected chi connectivity index (χ2v) is 8.62. The standard InChI is InChI=1S/C15H19F2N3OS2/c1-8-9(2)23-13(11-12(18)19-14(21)20(8)11)22-7-10-3-5-15(16,17)6-4-10/h10H,3-7H2,1-2H3,(H2,18,19,21). The number of fused-ring (bicyclic) bond motifs is 1. The molecule has 2 aliphatic heterocycles. The Kier molecular flexibility index (Phi) is 4.39. The van der Waals surface area contributed by atoms with Gasteiger partial charge in [-0.05, 0) is 32.6 Å². The first-order valence-electron chi connectivity index (χ1n) is 7.57. The molecular weight excluding hydrogens is 340 g/mol. The zero-order chi connectivity index (χ0) is 16.8. The van der Waals surface area contributed by atoms with Crippen LogP contribution in [0.1, 0.15) is 36.3 Å². The van der Waals surface area contributed by atoms with Gasteiger partial charge in [0.15, 0.2) is 5.82 Å². The van der Waals surface area contributed by atoms with Crippen LogP contribution in [0.5, 0.6) is 0 Å². The number of nitrogen functional groups attached to an aromatic ring is 1. The molecule has 23 heavy (non-hydrogen) atoms. The van der Waals surface area contributed by atoms with Crippen LogP contribution in [0.15, 0.2) is 9.00 Å². The van der Waals surface area contributed by atoms with E-state index in [1.807, 2.05) is 13.8 Å². The quantitative estimate of drug-likeness (QED) is 0.846. The monoisotopic (exact) mass is 359 g/mol. The van der Waals surface area contributed by atoms with Gasteiger partial charge in [0.1, 0.15) is 5.69 Å². The highest BCUT2D eigenvalue weighted by molar-refractivity contribution is 8.01. The number of aromatic nitrogens is 2. The molecule has 3 rings (SSSR count). The number of anilines is 1. The Hall–Kier alpha value is -1.15. The number of nitrogens with two attached hydrogens (primary N) is 1. The van der Waals surface area contributed by atoms with Gasteiger partial charge >= 0.3 is 5.69 Å². The second kappa shape index (κ2) is 6.05. The van der Waals surface area contributed by atoms with Crippen molar-refractivity contribution < 1.29 is 8.78 Å². The van der Waals surface area contributed by atoms with E-state index in [9.17, 15) is 13.6 Å². The van der Waals surface area contributed by atoms with Crippen LogP contribution in [-0.4, -0.2) is 21.2 Å². The van der Waals surface area contributed by atoms with E-state index in [0.717, 1.165) is 20.5 Å². The number of imidazole rings is 1. The molecule has 4 nitrogen and oxygen atoms in total. The van der Waals surface area contributed by atoms with Gasteiger partial charge in [-0.1, -0.05) is 0 Å². The normalized spacial score (nSPS) is 18.6. The molecule has 0 aromatic heterocycles. The maximum absolute atomic E-state index is 13.2. The Morgan fingerprint density at radius 2 is 2.04 bits per heavy atom. The van der Waals surface area contributed by atoms with Crippen LogP contribution in [0.4, 0.5) is 14.6 Å². The van der Waals surface area contributed by atoms with Crippen LogP contribution in [0.2, 0.25) is 0 Å². The minimum absolute atomic E-state index is 0.0243. The van der Waals surface area contributed by atoms with Crippen LogP contribution in [-0.2, 0) is 0 Å². The number of rotatable bonds is 3. The number of thioether (sulfide) groups is 1. The highest BCUT2D eigenvalue weighted by Gasteiger charge is 2.35. The van der Waals surface area contributed by atoms with Crippen molar-refractivity contribution in [3.8, 4) is 5.69 Å². The molecule has 0 radical (unpaired) electrons. The maximum Gasteiger partial charge on any atom is 0.354 e. The minimum Gasteiger partial charge on any atom is -0.382 e. The van der Waals surface area contributed by atoms with Crippen LogP contribution in [0, 0.1) is 19.8 Å². The smallest absolute Gasteiger partial charge is 0.354 e. The lowest BCUT2D eigenvalue weighted by molar-refractivity contribution is -0.0433. The fraction of sp³-hybridized carbons (Fsp3) is 0.600. The maximum atomic E-state index is 13.2. The molecule has 8 heteroatoms. The fourth-order valence-electron chi connectivity index (χ4n) is 2.90. The summed E-state index contributed by atoms with van der Waals surface area (Å²) < 4.78 is 29.0. The van der Waals surface area contributed by atoms with Crippen molar-refractivity contribution in [2.24, 2.45) is 5.92 Å². The Bertz CT molecular complexity index is 746. The molecule has 2 N–H and O–H groups in total. The molecule has 0 spiro atoms. The molecule has 0 amide bonds. The first-order chi connectivity index (χ1) is 10.8. The number of alkyl halides is 2. The van der Waals surface area contributed by atoms with Crippen LogP contribution in [0.3, 0.4) is 0 Å². The van der Waals surface area contributed by atoms with Gasteiger partial charge in [0, 0.05) is 29.2 Å². The van der Waals surface area contributed by atoms with E-state index < -0.39 is 5.92 Å². The summed E-state index contributed by atoms with van der Waals surface area (Å²) in [6, 6.07) is 0. The predicted molar refractivity (Wildman–Crippen MR) is 90.4 cm³/mol. The van der Waals surface area contributed by atoms with Crippen molar-refractivity contribution in [3.05, 3.63) is 21.1 Å². The molecule has 3 aliphatic rings. The molecule has 1 saturated carbocycles. The molecule has 126 valence electrons. The lowest BCUT2D eigenvalue weighted by Crippen LogP contribution is -2.25. The molecule has 0 unspecified atom stereocenters. The zero-order valence-electron chi connectivity index (χ0n) is 13.1. The average molecular weight is 359 g/mol. The fourth-order valence-corrected chi connectivity index (χ4v) is 5.58. The van der Waals surface area contributed by atoms with Crippen molar-refractivity contribution in [1.29, 1.82) is 0 Å². The van der Waals surface area contributed by atoms with Gasteiger partial charge in [0.25, 0.3) is 0 Å². The zero-order valence-corrected chi connectivity index (χ0v) is 14.7. The highest BCUT2D eigenvalue weighted by Crippen LogP contribution is 2.41. The third kappa shape index (κ3) is 3.24. The van der Waals surface area contributed by atoms with Crippen molar-refractivity contribution in [3.63, 3.8) is 0 Å². The van der Waals surface area contributed by atoms with Gasteiger partial charge in [-0.15, -0.1) is 23.1 Å². The number of hydrogen-bond donors (Lipinski definition) is 1. The number of halogens is 2. The van der Waals surface area contributed by atoms with E-state index >= 15 is 0 Å². The van der Waals surface area contributed by atoms with E-state index in [-0.39, 0.29) is 30.3 Å². The van der Waals surface area contributed by atoms with Crippen molar-refractivity contribution in [2.75, 3.05) is 11.5 Å². The molecule has 1 aliphatic carbocycles. The van der Waals surface area contributed by atoms with Gasteiger partial charge in [0.2, 0.25) is 5.92 Å². The third-order valence-corrected chi connectivity index (χ3v) is 7.12. The second-order valence-electron chi connectivity index (χ2n) is 6.11. The van der Waals surface area contributed by atoms with Crippen LogP contribution in [0.25, 0.3) is 5.69 Å². The largest absolute Gasteiger partial charge is 0.382 e. The minimum atomic E-state index is -2.50. The summed E-state index contributed by atoms with van der Waals surface area (Å²) in [5, 5.41) is 0. The van der Waals surface area contributed by atoms with Crippen LogP contribution >= 0.6 is 23.1 Å². The SMILES string of the molecule is Cc1sc(SCC2CCC(F)(F)CC2)c2c(N)nc(=O)n-2c1C. The Balaban J connectivity index is 1.81. The summed E-state index contributed by atoms with van der Waals surface area (Å²) in [6.45, 7) is 3.83. The van der Waals surface area contributed by atoms with E-state index in [0.29, 0.717) is 18.5 Å². The van der Waals surface area contributed by atoms with Gasteiger partial charge < -0.3 is 5.73 Å². The molecule has 2 heterocycles. The summed E-state index contributed by atoms with van der Waals surface area (Å²) in [4.78, 5) is 16.9. The predicted octanol–water partition coefficient (Wildman–Crippen LogP) is 3.85. The molecule has 0 aromatic rings. The van der Waals surface area contributed by atoms with Crippen molar-refractivity contribution >= 4 is 28.9 Å². The lowest BCUT2D eigenvalue weighted by Gasteiger charge is -2.28. The molecular formula is C15H19F2N3OS2. The van der Waals surface area contributed by atoms with Crippen molar-refractivity contribution in [1.82, 2.24) is 9.55 Å². The van der Waals surface area contributed by atoms with E-state index in [1.165, 1.54) is 0 Å². The number of aryl methyl sites for hydroxylation is 1. The topological polar surface area (TPSA) is 60.9 Å². The first kappa shape index (κ1) is 16.7. The van der Waals surface area contributed by atoms with Crippen molar-refractivity contribution in [2.45, 2.75) is 49.7 Å². The Labute approximate surface area is 141 Å². The van der Waals surface area contributed by atoms with E-state index in [2.05, 4.69) is 4.98 Å². The summed E-state index contributed by atoms with van der Waals surface area (Å²) in [5.41, 5.74) is 7.06. The van der Waals surface area contributed by atoms with E-state index in [4.69, 9.17) is 5.73 Å². The third-order valence-electron chi connectivity index (χ3n) is 4.44. The molecule has 0 bridgehead atoms. The summed E-state index contributed by atoms with van der Waals surface area (Å²) in [7, 11) is 0. The molecule has 1 fully saturated rings. The molecule has 0 saturated heterocycles. The van der Waals surface area contributed by atoms with Crippen LogP contribution < -0.4 is 11.4 Å². The van der Waals surface area contributed by atoms with Gasteiger partial charge in [-0.3, -0.25) is 4.57 Å². The molecule has 0 aromatic carbocycles. The summed E-state index contributed by atoms with van der Waals surface area (Å²) >= 11 is 3.19. The summed E-state index contributed by atoms with van der Waals surface area (Å²) in [6.07, 6.45) is 1.05. The number of hydrogen-bond acceptors (Lipinski definition) is 5.